The molecule has 160 valence electrons. The van der Waals surface area contributed by atoms with Gasteiger partial charge in [0.25, 0.3) is 5.56 Å². The van der Waals surface area contributed by atoms with Gasteiger partial charge >= 0.3 is 0 Å². The average Bonchev–Trinajstić information content (AvgIpc) is 3.17. The number of hydrogen-bond donors (Lipinski definition) is 1. The lowest BCUT2D eigenvalue weighted by Crippen LogP contribution is -2.26. The number of carbonyl (C=O) groups excluding carboxylic acids is 1. The average molecular weight is 415 g/mol. The Balaban J connectivity index is 1.49. The number of rotatable bonds is 10. The zero-order valence-electron chi connectivity index (χ0n) is 17.3. The van der Waals surface area contributed by atoms with Gasteiger partial charge in [-0.1, -0.05) is 5.16 Å². The van der Waals surface area contributed by atoms with Crippen molar-refractivity contribution in [1.82, 2.24) is 25.0 Å². The first kappa shape index (κ1) is 21.3. The van der Waals surface area contributed by atoms with Gasteiger partial charge in [0.05, 0.1) is 31.4 Å². The first-order valence-electron chi connectivity index (χ1n) is 9.69. The minimum atomic E-state index is -0.184. The molecule has 3 rings (SSSR count). The molecule has 0 atom stereocenters. The fourth-order valence-electron chi connectivity index (χ4n) is 3.05. The van der Waals surface area contributed by atoms with E-state index in [1.54, 1.807) is 19.1 Å². The maximum atomic E-state index is 12.7. The van der Waals surface area contributed by atoms with Crippen molar-refractivity contribution in [2.45, 2.75) is 39.2 Å². The molecule has 2 heterocycles. The predicted molar refractivity (Wildman–Crippen MR) is 109 cm³/mol. The van der Waals surface area contributed by atoms with Crippen molar-refractivity contribution in [1.29, 1.82) is 0 Å². The number of fused-ring (bicyclic) bond motifs is 1. The van der Waals surface area contributed by atoms with Crippen molar-refractivity contribution < 1.29 is 18.8 Å². The van der Waals surface area contributed by atoms with Crippen molar-refractivity contribution in [3.8, 4) is 11.5 Å². The van der Waals surface area contributed by atoms with Gasteiger partial charge in [0, 0.05) is 32.0 Å². The van der Waals surface area contributed by atoms with Gasteiger partial charge < -0.3 is 19.3 Å². The zero-order chi connectivity index (χ0) is 21.5. The number of carbonyl (C=O) groups is 1. The fourth-order valence-corrected chi connectivity index (χ4v) is 3.05. The number of hydrogen-bond acceptors (Lipinski definition) is 8. The van der Waals surface area contributed by atoms with Crippen molar-refractivity contribution in [2.75, 3.05) is 20.8 Å². The molecule has 30 heavy (non-hydrogen) atoms. The molecule has 0 spiro atoms. The van der Waals surface area contributed by atoms with E-state index < -0.39 is 0 Å². The largest absolute Gasteiger partial charge is 0.493 e. The number of aromatic nitrogens is 4. The van der Waals surface area contributed by atoms with Gasteiger partial charge in [-0.2, -0.15) is 4.98 Å². The molecular weight excluding hydrogens is 390 g/mol. The van der Waals surface area contributed by atoms with Gasteiger partial charge in [-0.05, 0) is 25.8 Å². The van der Waals surface area contributed by atoms with Gasteiger partial charge in [-0.25, -0.2) is 4.98 Å². The molecule has 1 amide bonds. The summed E-state index contributed by atoms with van der Waals surface area (Å²) in [5.41, 5.74) is 0.347. The SMILES string of the molecule is COc1cc2ncn(CCCC(=O)NCCCc3nc(C)no3)c(=O)c2cc1OC. The molecule has 0 aliphatic rings. The highest BCUT2D eigenvalue weighted by Crippen LogP contribution is 2.29. The molecule has 0 saturated heterocycles. The summed E-state index contributed by atoms with van der Waals surface area (Å²) in [5.74, 6) is 2.09. The Morgan fingerprint density at radius 3 is 2.67 bits per heavy atom. The van der Waals surface area contributed by atoms with Crippen LogP contribution >= 0.6 is 0 Å². The molecular formula is C20H25N5O5. The van der Waals surface area contributed by atoms with Crippen LogP contribution < -0.4 is 20.3 Å². The van der Waals surface area contributed by atoms with Crippen LogP contribution in [0.25, 0.3) is 10.9 Å². The second kappa shape index (κ2) is 9.86. The first-order valence-corrected chi connectivity index (χ1v) is 9.69. The topological polar surface area (TPSA) is 121 Å². The summed E-state index contributed by atoms with van der Waals surface area (Å²) in [5, 5.41) is 7.02. The van der Waals surface area contributed by atoms with Gasteiger partial charge in [0.1, 0.15) is 0 Å². The van der Waals surface area contributed by atoms with Crippen LogP contribution in [0, 0.1) is 6.92 Å². The number of ether oxygens (including phenoxy) is 2. The third-order valence-corrected chi connectivity index (χ3v) is 4.59. The molecule has 0 aliphatic carbocycles. The van der Waals surface area contributed by atoms with E-state index in [0.717, 1.165) is 0 Å². The van der Waals surface area contributed by atoms with Crippen molar-refractivity contribution >= 4 is 16.8 Å². The van der Waals surface area contributed by atoms with Crippen LogP contribution in [0.2, 0.25) is 0 Å². The van der Waals surface area contributed by atoms with Crippen LogP contribution in [0.15, 0.2) is 27.8 Å². The Kier molecular flexibility index (Phi) is 6.99. The summed E-state index contributed by atoms with van der Waals surface area (Å²) in [4.78, 5) is 33.2. The summed E-state index contributed by atoms with van der Waals surface area (Å²) in [6.07, 6.45) is 3.66. The van der Waals surface area contributed by atoms with Crippen LogP contribution in [0.1, 0.15) is 31.0 Å². The third kappa shape index (κ3) is 5.13. The summed E-state index contributed by atoms with van der Waals surface area (Å²) >= 11 is 0. The lowest BCUT2D eigenvalue weighted by Gasteiger charge is -2.10. The Morgan fingerprint density at radius 1 is 1.20 bits per heavy atom. The normalized spacial score (nSPS) is 10.9. The Morgan fingerprint density at radius 2 is 1.97 bits per heavy atom. The van der Waals surface area contributed by atoms with E-state index in [0.29, 0.717) is 72.9 Å². The standard InChI is InChI=1S/C20H25N5O5/c1-13-23-19(30-24-13)7-4-8-21-18(26)6-5-9-25-12-22-15-11-17(29-3)16(28-2)10-14(15)20(25)27/h10-12H,4-9H2,1-3H3,(H,21,26). The molecule has 0 radical (unpaired) electrons. The molecule has 2 aromatic heterocycles. The number of nitrogens with zero attached hydrogens (tertiary/aromatic N) is 4. The summed E-state index contributed by atoms with van der Waals surface area (Å²) in [6, 6.07) is 3.29. The Hall–Kier alpha value is -3.43. The number of benzene rings is 1. The van der Waals surface area contributed by atoms with Crippen LogP contribution in [-0.4, -0.2) is 46.4 Å². The number of amides is 1. The number of aryl methyl sites for hydroxylation is 3. The number of nitrogens with one attached hydrogen (secondary N) is 1. The smallest absolute Gasteiger partial charge is 0.261 e. The lowest BCUT2D eigenvalue weighted by molar-refractivity contribution is -0.121. The van der Waals surface area contributed by atoms with Crippen LogP contribution in [0.5, 0.6) is 11.5 Å². The summed E-state index contributed by atoms with van der Waals surface area (Å²) in [7, 11) is 3.04. The highest BCUT2D eigenvalue weighted by atomic mass is 16.5. The minimum Gasteiger partial charge on any atom is -0.493 e. The van der Waals surface area contributed by atoms with E-state index in [1.165, 1.54) is 25.1 Å². The molecule has 0 saturated carbocycles. The molecule has 1 N–H and O–H groups in total. The lowest BCUT2D eigenvalue weighted by atomic mass is 10.2. The molecule has 0 unspecified atom stereocenters. The quantitative estimate of drug-likeness (QED) is 0.496. The van der Waals surface area contributed by atoms with E-state index in [1.807, 2.05) is 0 Å². The van der Waals surface area contributed by atoms with Crippen LogP contribution in [0.3, 0.4) is 0 Å². The molecule has 3 aromatic rings. The van der Waals surface area contributed by atoms with E-state index in [2.05, 4.69) is 20.4 Å². The summed E-state index contributed by atoms with van der Waals surface area (Å²) in [6.45, 7) is 2.68. The third-order valence-electron chi connectivity index (χ3n) is 4.59. The fraction of sp³-hybridized carbons (Fsp3) is 0.450. The van der Waals surface area contributed by atoms with E-state index in [-0.39, 0.29) is 11.5 Å². The number of methoxy groups -OCH3 is 2. The zero-order valence-corrected chi connectivity index (χ0v) is 17.3. The molecule has 10 nitrogen and oxygen atoms in total. The van der Waals surface area contributed by atoms with Gasteiger partial charge in [0.15, 0.2) is 17.3 Å². The van der Waals surface area contributed by atoms with Gasteiger partial charge in [-0.15, -0.1) is 0 Å². The predicted octanol–water partition coefficient (Wildman–Crippen LogP) is 1.63. The van der Waals surface area contributed by atoms with E-state index in [9.17, 15) is 9.59 Å². The second-order valence-electron chi connectivity index (χ2n) is 6.76. The van der Waals surface area contributed by atoms with Crippen LogP contribution in [-0.2, 0) is 17.8 Å². The molecule has 0 fully saturated rings. The van der Waals surface area contributed by atoms with E-state index >= 15 is 0 Å². The molecule has 1 aromatic carbocycles. The van der Waals surface area contributed by atoms with Crippen molar-refractivity contribution in [3.05, 3.63) is 40.5 Å². The first-order chi connectivity index (χ1) is 14.5. The molecule has 0 bridgehead atoms. The monoisotopic (exact) mass is 415 g/mol. The summed E-state index contributed by atoms with van der Waals surface area (Å²) < 4.78 is 17.0. The Labute approximate surface area is 173 Å². The van der Waals surface area contributed by atoms with E-state index in [4.69, 9.17) is 14.0 Å². The van der Waals surface area contributed by atoms with Crippen LogP contribution in [0.4, 0.5) is 0 Å². The highest BCUT2D eigenvalue weighted by molar-refractivity contribution is 5.81. The molecule has 10 heteroatoms. The maximum Gasteiger partial charge on any atom is 0.261 e. The highest BCUT2D eigenvalue weighted by Gasteiger charge is 2.11. The minimum absolute atomic E-state index is 0.0649. The van der Waals surface area contributed by atoms with Gasteiger partial charge in [-0.3, -0.25) is 14.2 Å². The Bertz CT molecular complexity index is 1080. The molecule has 0 aliphatic heterocycles. The second-order valence-corrected chi connectivity index (χ2v) is 6.76. The van der Waals surface area contributed by atoms with Crippen molar-refractivity contribution in [2.24, 2.45) is 0 Å². The maximum absolute atomic E-state index is 12.7. The van der Waals surface area contributed by atoms with Crippen molar-refractivity contribution in [3.63, 3.8) is 0 Å². The van der Waals surface area contributed by atoms with Gasteiger partial charge in [0.2, 0.25) is 11.8 Å².